The van der Waals surface area contributed by atoms with Crippen molar-refractivity contribution in [2.24, 2.45) is 0 Å². The van der Waals surface area contributed by atoms with Crippen molar-refractivity contribution >= 4 is 23.5 Å². The lowest BCUT2D eigenvalue weighted by Crippen LogP contribution is -2.52. The summed E-state index contributed by atoms with van der Waals surface area (Å²) >= 11 is 5.73. The van der Waals surface area contributed by atoms with Crippen LogP contribution in [0, 0.1) is 0 Å². The Morgan fingerprint density at radius 3 is 2.74 bits per heavy atom. The number of pyridine rings is 1. The largest absolute Gasteiger partial charge is 0.467 e. The van der Waals surface area contributed by atoms with E-state index in [0.717, 1.165) is 6.42 Å². The first kappa shape index (κ1) is 15.4. The van der Waals surface area contributed by atoms with Crippen LogP contribution < -0.4 is 5.32 Å². The maximum absolute atomic E-state index is 12.1. The number of nitrogens with one attached hydrogen (secondary N) is 1. The first-order chi connectivity index (χ1) is 8.92. The fourth-order valence-corrected chi connectivity index (χ4v) is 1.98. The molecule has 0 spiro atoms. The highest BCUT2D eigenvalue weighted by atomic mass is 35.5. The van der Waals surface area contributed by atoms with Gasteiger partial charge >= 0.3 is 5.97 Å². The molecule has 1 rings (SSSR count). The number of hydrogen-bond donors (Lipinski definition) is 1. The third kappa shape index (κ3) is 3.92. The lowest BCUT2D eigenvalue weighted by molar-refractivity contribution is -0.147. The second kappa shape index (κ2) is 6.52. The number of methoxy groups -OCH3 is 1. The average Bonchev–Trinajstić information content (AvgIpc) is 2.37. The number of esters is 1. The monoisotopic (exact) mass is 284 g/mol. The van der Waals surface area contributed by atoms with E-state index in [4.69, 9.17) is 16.3 Å². The molecule has 0 aliphatic carbocycles. The summed E-state index contributed by atoms with van der Waals surface area (Å²) < 4.78 is 4.74. The van der Waals surface area contributed by atoms with Crippen LogP contribution >= 0.6 is 11.6 Å². The van der Waals surface area contributed by atoms with Crippen molar-refractivity contribution in [1.29, 1.82) is 0 Å². The lowest BCUT2D eigenvalue weighted by Gasteiger charge is -2.27. The Bertz CT molecular complexity index is 479. The molecular weight excluding hydrogens is 268 g/mol. The van der Waals surface area contributed by atoms with Crippen molar-refractivity contribution in [2.75, 3.05) is 7.11 Å². The molecule has 1 atom stereocenters. The van der Waals surface area contributed by atoms with Gasteiger partial charge in [-0.1, -0.05) is 24.9 Å². The maximum Gasteiger partial charge on any atom is 0.331 e. The zero-order chi connectivity index (χ0) is 14.5. The Hall–Kier alpha value is -1.62. The van der Waals surface area contributed by atoms with Gasteiger partial charge in [-0.2, -0.15) is 0 Å². The van der Waals surface area contributed by atoms with E-state index < -0.39 is 11.5 Å². The van der Waals surface area contributed by atoms with Gasteiger partial charge in [0.2, 0.25) is 0 Å². The van der Waals surface area contributed by atoms with Crippen LogP contribution in [0.4, 0.5) is 0 Å². The molecule has 1 amide bonds. The fraction of sp³-hybridized carbons (Fsp3) is 0.462. The molecule has 5 nitrogen and oxygen atoms in total. The van der Waals surface area contributed by atoms with Gasteiger partial charge in [-0.15, -0.1) is 0 Å². The Kier molecular flexibility index (Phi) is 5.30. The van der Waals surface area contributed by atoms with Crippen LogP contribution in [-0.4, -0.2) is 29.5 Å². The maximum atomic E-state index is 12.1. The molecule has 0 aliphatic heterocycles. The quantitative estimate of drug-likeness (QED) is 0.665. The minimum Gasteiger partial charge on any atom is -0.467 e. The zero-order valence-corrected chi connectivity index (χ0v) is 12.0. The highest BCUT2D eigenvalue weighted by molar-refractivity contribution is 6.29. The number of carbonyl (C=O) groups is 2. The predicted molar refractivity (Wildman–Crippen MR) is 72.0 cm³/mol. The molecule has 0 aromatic carbocycles. The van der Waals surface area contributed by atoms with Gasteiger partial charge in [-0.05, 0) is 25.5 Å². The predicted octanol–water partition coefficient (Wildman–Crippen LogP) is 2.20. The summed E-state index contributed by atoms with van der Waals surface area (Å²) in [6.07, 6.45) is 2.67. The summed E-state index contributed by atoms with van der Waals surface area (Å²) in [5.41, 5.74) is -0.692. The molecule has 1 aromatic heterocycles. The van der Waals surface area contributed by atoms with Crippen LogP contribution in [0.3, 0.4) is 0 Å². The van der Waals surface area contributed by atoms with E-state index in [9.17, 15) is 9.59 Å². The van der Waals surface area contributed by atoms with Gasteiger partial charge in [0, 0.05) is 11.8 Å². The van der Waals surface area contributed by atoms with Crippen molar-refractivity contribution in [1.82, 2.24) is 10.3 Å². The summed E-state index contributed by atoms with van der Waals surface area (Å²) in [4.78, 5) is 27.7. The van der Waals surface area contributed by atoms with Crippen LogP contribution in [0.15, 0.2) is 18.3 Å². The summed E-state index contributed by atoms with van der Waals surface area (Å²) in [7, 11) is 1.30. The normalized spacial score (nSPS) is 13.5. The van der Waals surface area contributed by atoms with Crippen molar-refractivity contribution in [2.45, 2.75) is 32.2 Å². The van der Waals surface area contributed by atoms with Crippen molar-refractivity contribution in [3.05, 3.63) is 29.0 Å². The summed E-state index contributed by atoms with van der Waals surface area (Å²) in [5.74, 6) is -0.853. The Morgan fingerprint density at radius 1 is 1.53 bits per heavy atom. The minimum atomic E-state index is -1.05. The van der Waals surface area contributed by atoms with Gasteiger partial charge in [0.15, 0.2) is 0 Å². The SMILES string of the molecule is CCCC(C)(NC(=O)c1ccnc(Cl)c1)C(=O)OC. The first-order valence-electron chi connectivity index (χ1n) is 5.95. The molecule has 0 fully saturated rings. The molecule has 1 aromatic rings. The average molecular weight is 285 g/mol. The molecule has 0 radical (unpaired) electrons. The number of amides is 1. The Balaban J connectivity index is 2.91. The molecule has 0 saturated heterocycles. The topological polar surface area (TPSA) is 68.3 Å². The van der Waals surface area contributed by atoms with E-state index >= 15 is 0 Å². The molecule has 6 heteroatoms. The Morgan fingerprint density at radius 2 is 2.21 bits per heavy atom. The summed E-state index contributed by atoms with van der Waals surface area (Å²) in [5, 5.41) is 2.91. The van der Waals surface area contributed by atoms with Crippen LogP contribution in [0.5, 0.6) is 0 Å². The van der Waals surface area contributed by atoms with Crippen LogP contribution in [0.1, 0.15) is 37.0 Å². The van der Waals surface area contributed by atoms with Gasteiger partial charge in [-0.25, -0.2) is 9.78 Å². The zero-order valence-electron chi connectivity index (χ0n) is 11.2. The molecule has 1 unspecified atom stereocenters. The van der Waals surface area contributed by atoms with Crippen molar-refractivity contribution in [3.8, 4) is 0 Å². The van der Waals surface area contributed by atoms with Gasteiger partial charge in [0.25, 0.3) is 5.91 Å². The molecular formula is C13H17ClN2O3. The number of rotatable bonds is 5. The molecule has 0 aliphatic rings. The smallest absolute Gasteiger partial charge is 0.331 e. The molecule has 1 heterocycles. The van der Waals surface area contributed by atoms with Crippen LogP contribution in [0.25, 0.3) is 0 Å². The molecule has 19 heavy (non-hydrogen) atoms. The highest BCUT2D eigenvalue weighted by Gasteiger charge is 2.35. The van der Waals surface area contributed by atoms with Gasteiger partial charge in [0.05, 0.1) is 7.11 Å². The number of carbonyl (C=O) groups excluding carboxylic acids is 2. The van der Waals surface area contributed by atoms with E-state index in [1.165, 1.54) is 25.4 Å². The number of halogens is 1. The number of ether oxygens (including phenoxy) is 1. The van der Waals surface area contributed by atoms with Gasteiger partial charge < -0.3 is 10.1 Å². The summed E-state index contributed by atoms with van der Waals surface area (Å²) in [6.45, 7) is 3.57. The number of nitrogens with zero attached hydrogens (tertiary/aromatic N) is 1. The van der Waals surface area contributed by atoms with E-state index in [1.54, 1.807) is 6.92 Å². The first-order valence-corrected chi connectivity index (χ1v) is 6.33. The molecule has 0 saturated carbocycles. The summed E-state index contributed by atoms with van der Waals surface area (Å²) in [6, 6.07) is 2.98. The van der Waals surface area contributed by atoms with Crippen LogP contribution in [0.2, 0.25) is 5.15 Å². The fourth-order valence-electron chi connectivity index (χ4n) is 1.81. The van der Waals surface area contributed by atoms with Crippen molar-refractivity contribution in [3.63, 3.8) is 0 Å². The van der Waals surface area contributed by atoms with E-state index in [0.29, 0.717) is 12.0 Å². The molecule has 104 valence electrons. The van der Waals surface area contributed by atoms with Gasteiger partial charge in [-0.3, -0.25) is 4.79 Å². The number of aromatic nitrogens is 1. The van der Waals surface area contributed by atoms with Gasteiger partial charge in [0.1, 0.15) is 10.7 Å². The standard InChI is InChI=1S/C13H17ClN2O3/c1-4-6-13(2,12(18)19-3)16-11(17)9-5-7-15-10(14)8-9/h5,7-8H,4,6H2,1-3H3,(H,16,17). The van der Waals surface area contributed by atoms with E-state index in [-0.39, 0.29) is 11.1 Å². The number of hydrogen-bond acceptors (Lipinski definition) is 4. The minimum absolute atomic E-state index is 0.225. The van der Waals surface area contributed by atoms with E-state index in [1.807, 2.05) is 6.92 Å². The lowest BCUT2D eigenvalue weighted by atomic mass is 9.95. The van der Waals surface area contributed by atoms with Crippen molar-refractivity contribution < 1.29 is 14.3 Å². The second-order valence-electron chi connectivity index (χ2n) is 4.40. The molecule has 1 N–H and O–H groups in total. The third-order valence-corrected chi connectivity index (χ3v) is 2.97. The molecule has 0 bridgehead atoms. The second-order valence-corrected chi connectivity index (χ2v) is 4.78. The highest BCUT2D eigenvalue weighted by Crippen LogP contribution is 2.16. The van der Waals surface area contributed by atoms with Crippen LogP contribution in [-0.2, 0) is 9.53 Å². The van der Waals surface area contributed by atoms with E-state index in [2.05, 4.69) is 10.3 Å². The Labute approximate surface area is 117 Å². The third-order valence-electron chi connectivity index (χ3n) is 2.76.